The number of hydrogen-bond donors (Lipinski definition) is 1. The maximum absolute atomic E-state index is 12.1. The van der Waals surface area contributed by atoms with Crippen LogP contribution in [-0.2, 0) is 18.3 Å². The lowest BCUT2D eigenvalue weighted by molar-refractivity contribution is -0.120. The quantitative estimate of drug-likeness (QED) is 0.816. The van der Waals surface area contributed by atoms with E-state index in [9.17, 15) is 4.79 Å². The van der Waals surface area contributed by atoms with E-state index in [0.717, 1.165) is 42.4 Å². The molecule has 22 heavy (non-hydrogen) atoms. The normalized spacial score (nSPS) is 16.9. The Labute approximate surface area is 134 Å². The first kappa shape index (κ1) is 17.0. The Bertz CT molecular complexity index is 501. The van der Waals surface area contributed by atoms with Gasteiger partial charge < -0.3 is 10.2 Å². The van der Waals surface area contributed by atoms with E-state index in [1.165, 1.54) is 25.9 Å². The number of aryl methyl sites for hydroxylation is 2. The largest absolute Gasteiger partial charge is 0.356 e. The highest BCUT2D eigenvalue weighted by atomic mass is 16.1. The Morgan fingerprint density at radius 3 is 2.59 bits per heavy atom. The van der Waals surface area contributed by atoms with Crippen LogP contribution in [0.5, 0.6) is 0 Å². The lowest BCUT2D eigenvalue weighted by Gasteiger charge is -2.30. The van der Waals surface area contributed by atoms with Gasteiger partial charge in [-0.05, 0) is 58.7 Å². The third kappa shape index (κ3) is 4.57. The number of piperidine rings is 1. The number of nitrogens with one attached hydrogen (secondary N) is 1. The van der Waals surface area contributed by atoms with Crippen molar-refractivity contribution < 1.29 is 4.79 Å². The minimum Gasteiger partial charge on any atom is -0.356 e. The SMILES string of the molecule is Cc1nn(C)c(C)c1CC(=O)NCCCN1CCC(C)CC1. The first-order chi connectivity index (χ1) is 10.5. The Balaban J connectivity index is 1.66. The first-order valence-corrected chi connectivity index (χ1v) is 8.45. The van der Waals surface area contributed by atoms with Crippen molar-refractivity contribution in [2.75, 3.05) is 26.2 Å². The van der Waals surface area contributed by atoms with E-state index in [0.29, 0.717) is 6.42 Å². The standard InChI is InChI=1S/C17H30N4O/c1-13-6-10-21(11-7-13)9-5-8-18-17(22)12-16-14(2)19-20(4)15(16)3/h13H,5-12H2,1-4H3,(H,18,22). The van der Waals surface area contributed by atoms with Gasteiger partial charge in [-0.1, -0.05) is 6.92 Å². The minimum atomic E-state index is 0.103. The smallest absolute Gasteiger partial charge is 0.224 e. The summed E-state index contributed by atoms with van der Waals surface area (Å²) < 4.78 is 1.84. The minimum absolute atomic E-state index is 0.103. The summed E-state index contributed by atoms with van der Waals surface area (Å²) in [5, 5.41) is 7.40. The van der Waals surface area contributed by atoms with Crippen molar-refractivity contribution in [2.24, 2.45) is 13.0 Å². The molecule has 5 nitrogen and oxygen atoms in total. The van der Waals surface area contributed by atoms with E-state index < -0.39 is 0 Å². The fourth-order valence-electron chi connectivity index (χ4n) is 3.11. The van der Waals surface area contributed by atoms with Crippen LogP contribution in [0.15, 0.2) is 0 Å². The molecule has 1 saturated heterocycles. The molecule has 2 heterocycles. The number of hydrogen-bond acceptors (Lipinski definition) is 3. The van der Waals surface area contributed by atoms with E-state index >= 15 is 0 Å². The Hall–Kier alpha value is -1.36. The van der Waals surface area contributed by atoms with Crippen LogP contribution in [0.25, 0.3) is 0 Å². The highest BCUT2D eigenvalue weighted by Crippen LogP contribution is 2.15. The van der Waals surface area contributed by atoms with Gasteiger partial charge in [0, 0.05) is 24.8 Å². The van der Waals surface area contributed by atoms with E-state index in [4.69, 9.17) is 0 Å². The van der Waals surface area contributed by atoms with Gasteiger partial charge in [0.1, 0.15) is 0 Å². The zero-order valence-corrected chi connectivity index (χ0v) is 14.5. The molecular weight excluding hydrogens is 276 g/mol. The van der Waals surface area contributed by atoms with Crippen LogP contribution in [0.1, 0.15) is 43.1 Å². The van der Waals surface area contributed by atoms with Gasteiger partial charge in [-0.3, -0.25) is 9.48 Å². The molecule has 1 aliphatic heterocycles. The maximum Gasteiger partial charge on any atom is 0.224 e. The first-order valence-electron chi connectivity index (χ1n) is 8.45. The average Bonchev–Trinajstić information content (AvgIpc) is 2.72. The lowest BCUT2D eigenvalue weighted by atomic mass is 9.99. The van der Waals surface area contributed by atoms with Gasteiger partial charge in [-0.2, -0.15) is 5.10 Å². The second-order valence-corrected chi connectivity index (χ2v) is 6.68. The Morgan fingerprint density at radius 2 is 2.00 bits per heavy atom. The van der Waals surface area contributed by atoms with Crippen LogP contribution in [0.3, 0.4) is 0 Å². The highest BCUT2D eigenvalue weighted by Gasteiger charge is 2.15. The molecule has 0 radical (unpaired) electrons. The highest BCUT2D eigenvalue weighted by molar-refractivity contribution is 5.79. The molecule has 1 aromatic heterocycles. The summed E-state index contributed by atoms with van der Waals surface area (Å²) in [6, 6.07) is 0. The predicted octanol–water partition coefficient (Wildman–Crippen LogP) is 1.82. The van der Waals surface area contributed by atoms with Crippen molar-refractivity contribution >= 4 is 5.91 Å². The molecule has 1 aliphatic rings. The van der Waals surface area contributed by atoms with Crippen molar-refractivity contribution in [2.45, 2.75) is 46.5 Å². The Kier molecular flexibility index (Phi) is 6.00. The van der Waals surface area contributed by atoms with Crippen LogP contribution in [0, 0.1) is 19.8 Å². The molecule has 5 heteroatoms. The van der Waals surface area contributed by atoms with Gasteiger partial charge in [0.05, 0.1) is 12.1 Å². The van der Waals surface area contributed by atoms with Crippen LogP contribution >= 0.6 is 0 Å². The molecule has 0 atom stereocenters. The van der Waals surface area contributed by atoms with Gasteiger partial charge in [0.15, 0.2) is 0 Å². The van der Waals surface area contributed by atoms with Gasteiger partial charge >= 0.3 is 0 Å². The second kappa shape index (κ2) is 7.77. The molecule has 0 aromatic carbocycles. The summed E-state index contributed by atoms with van der Waals surface area (Å²) in [6.07, 6.45) is 4.09. The average molecular weight is 306 g/mol. The molecule has 0 bridgehead atoms. The number of carbonyl (C=O) groups excluding carboxylic acids is 1. The summed E-state index contributed by atoms with van der Waals surface area (Å²) in [5.74, 6) is 0.980. The summed E-state index contributed by atoms with van der Waals surface area (Å²) >= 11 is 0. The van der Waals surface area contributed by atoms with Crippen molar-refractivity contribution in [3.8, 4) is 0 Å². The number of aromatic nitrogens is 2. The molecule has 124 valence electrons. The van der Waals surface area contributed by atoms with Crippen LogP contribution < -0.4 is 5.32 Å². The number of likely N-dealkylation sites (tertiary alicyclic amines) is 1. The number of nitrogens with zero attached hydrogens (tertiary/aromatic N) is 3. The molecule has 0 unspecified atom stereocenters. The fraction of sp³-hybridized carbons (Fsp3) is 0.765. The number of amides is 1. The van der Waals surface area contributed by atoms with Crippen molar-refractivity contribution in [1.82, 2.24) is 20.0 Å². The second-order valence-electron chi connectivity index (χ2n) is 6.68. The fourth-order valence-corrected chi connectivity index (χ4v) is 3.11. The van der Waals surface area contributed by atoms with E-state index in [1.54, 1.807) is 0 Å². The number of rotatable bonds is 6. The van der Waals surface area contributed by atoms with Crippen molar-refractivity contribution in [3.05, 3.63) is 17.0 Å². The van der Waals surface area contributed by atoms with Crippen LogP contribution in [-0.4, -0.2) is 46.8 Å². The van der Waals surface area contributed by atoms with Crippen LogP contribution in [0.2, 0.25) is 0 Å². The van der Waals surface area contributed by atoms with Gasteiger partial charge in [-0.15, -0.1) is 0 Å². The molecule has 1 aromatic rings. The van der Waals surface area contributed by atoms with Crippen molar-refractivity contribution in [1.29, 1.82) is 0 Å². The molecule has 1 amide bonds. The molecule has 1 N–H and O–H groups in total. The monoisotopic (exact) mass is 306 g/mol. The van der Waals surface area contributed by atoms with Crippen LogP contribution in [0.4, 0.5) is 0 Å². The van der Waals surface area contributed by atoms with Gasteiger partial charge in [0.2, 0.25) is 5.91 Å². The molecular formula is C17H30N4O. The zero-order valence-electron chi connectivity index (χ0n) is 14.5. The molecule has 1 fully saturated rings. The Morgan fingerprint density at radius 1 is 1.32 bits per heavy atom. The van der Waals surface area contributed by atoms with E-state index in [2.05, 4.69) is 22.2 Å². The lowest BCUT2D eigenvalue weighted by Crippen LogP contribution is -2.35. The van der Waals surface area contributed by atoms with E-state index in [1.807, 2.05) is 25.6 Å². The van der Waals surface area contributed by atoms with Crippen molar-refractivity contribution in [3.63, 3.8) is 0 Å². The molecule has 0 aliphatic carbocycles. The van der Waals surface area contributed by atoms with Gasteiger partial charge in [-0.25, -0.2) is 0 Å². The summed E-state index contributed by atoms with van der Waals surface area (Å²) in [4.78, 5) is 14.6. The zero-order chi connectivity index (χ0) is 16.1. The van der Waals surface area contributed by atoms with E-state index in [-0.39, 0.29) is 5.91 Å². The third-order valence-corrected chi connectivity index (χ3v) is 4.85. The third-order valence-electron chi connectivity index (χ3n) is 4.85. The predicted molar refractivity (Wildman–Crippen MR) is 88.9 cm³/mol. The summed E-state index contributed by atoms with van der Waals surface area (Å²) in [5.41, 5.74) is 3.10. The van der Waals surface area contributed by atoms with Gasteiger partial charge in [0.25, 0.3) is 0 Å². The topological polar surface area (TPSA) is 50.2 Å². The molecule has 0 spiro atoms. The maximum atomic E-state index is 12.1. The number of carbonyl (C=O) groups is 1. The summed E-state index contributed by atoms with van der Waals surface area (Å²) in [7, 11) is 1.92. The molecule has 0 saturated carbocycles. The summed E-state index contributed by atoms with van der Waals surface area (Å²) in [6.45, 7) is 10.6. The molecule has 2 rings (SSSR count).